The van der Waals surface area contributed by atoms with E-state index in [0.29, 0.717) is 6.42 Å². The van der Waals surface area contributed by atoms with E-state index in [9.17, 15) is 9.59 Å². The third-order valence-corrected chi connectivity index (χ3v) is 2.92. The summed E-state index contributed by atoms with van der Waals surface area (Å²) in [7, 11) is 0. The summed E-state index contributed by atoms with van der Waals surface area (Å²) >= 11 is 0. The van der Waals surface area contributed by atoms with Gasteiger partial charge >= 0.3 is 5.97 Å². The SMILES string of the molecule is [CH2]CCCCCCCCCC(NC(C)=O)C(=O)O. The van der Waals surface area contributed by atoms with Crippen molar-refractivity contribution < 1.29 is 14.7 Å². The Morgan fingerprint density at radius 2 is 1.56 bits per heavy atom. The molecule has 0 heterocycles. The lowest BCUT2D eigenvalue weighted by atomic mass is 10.0. The lowest BCUT2D eigenvalue weighted by molar-refractivity contribution is -0.141. The van der Waals surface area contributed by atoms with Crippen LogP contribution >= 0.6 is 0 Å². The number of carbonyl (C=O) groups excluding carboxylic acids is 1. The molecule has 0 saturated carbocycles. The Labute approximate surface area is 110 Å². The molecular weight excluding hydrogens is 230 g/mol. The van der Waals surface area contributed by atoms with Crippen molar-refractivity contribution in [3.05, 3.63) is 6.92 Å². The van der Waals surface area contributed by atoms with Crippen molar-refractivity contribution in [3.63, 3.8) is 0 Å². The first-order chi connectivity index (χ1) is 8.57. The van der Waals surface area contributed by atoms with Crippen LogP contribution < -0.4 is 5.32 Å². The Kier molecular flexibility index (Phi) is 10.4. The summed E-state index contributed by atoms with van der Waals surface area (Å²) in [5, 5.41) is 11.4. The minimum absolute atomic E-state index is 0.282. The first-order valence-electron chi connectivity index (χ1n) is 6.87. The van der Waals surface area contributed by atoms with Crippen LogP contribution in [0.2, 0.25) is 0 Å². The van der Waals surface area contributed by atoms with Gasteiger partial charge in [0.15, 0.2) is 0 Å². The average molecular weight is 256 g/mol. The Morgan fingerprint density at radius 3 is 2.00 bits per heavy atom. The van der Waals surface area contributed by atoms with Gasteiger partial charge < -0.3 is 10.4 Å². The molecule has 0 bridgehead atoms. The van der Waals surface area contributed by atoms with Gasteiger partial charge in [-0.25, -0.2) is 4.79 Å². The van der Waals surface area contributed by atoms with Gasteiger partial charge in [0.1, 0.15) is 6.04 Å². The Hall–Kier alpha value is -1.06. The molecule has 1 amide bonds. The number of carboxylic acids is 1. The van der Waals surface area contributed by atoms with Gasteiger partial charge in [0.2, 0.25) is 5.91 Å². The van der Waals surface area contributed by atoms with E-state index in [0.717, 1.165) is 25.7 Å². The molecule has 0 aliphatic carbocycles. The number of nitrogens with one attached hydrogen (secondary N) is 1. The fraction of sp³-hybridized carbons (Fsp3) is 0.786. The van der Waals surface area contributed by atoms with E-state index in [4.69, 9.17) is 5.11 Å². The van der Waals surface area contributed by atoms with E-state index < -0.39 is 12.0 Å². The Morgan fingerprint density at radius 1 is 1.06 bits per heavy atom. The van der Waals surface area contributed by atoms with E-state index in [1.807, 2.05) is 0 Å². The molecule has 1 unspecified atom stereocenters. The zero-order valence-electron chi connectivity index (χ0n) is 11.4. The molecule has 0 aliphatic heterocycles. The average Bonchev–Trinajstić information content (AvgIpc) is 2.30. The van der Waals surface area contributed by atoms with Crippen LogP contribution in [0.1, 0.15) is 64.7 Å². The number of carbonyl (C=O) groups is 2. The molecule has 0 aromatic heterocycles. The number of amides is 1. The number of unbranched alkanes of at least 4 members (excludes halogenated alkanes) is 7. The van der Waals surface area contributed by atoms with Gasteiger partial charge in [-0.2, -0.15) is 0 Å². The van der Waals surface area contributed by atoms with Gasteiger partial charge in [0, 0.05) is 6.92 Å². The minimum Gasteiger partial charge on any atom is -0.480 e. The number of aliphatic carboxylic acids is 1. The van der Waals surface area contributed by atoms with E-state index >= 15 is 0 Å². The third kappa shape index (κ3) is 10.1. The fourth-order valence-electron chi connectivity index (χ4n) is 1.91. The highest BCUT2D eigenvalue weighted by Gasteiger charge is 2.17. The number of carboxylic acid groups (broad SMARTS) is 1. The highest BCUT2D eigenvalue weighted by molar-refractivity contribution is 5.81. The normalized spacial score (nSPS) is 12.1. The molecule has 0 rings (SSSR count). The van der Waals surface area contributed by atoms with E-state index in [-0.39, 0.29) is 5.91 Å². The molecule has 4 nitrogen and oxygen atoms in total. The highest BCUT2D eigenvalue weighted by atomic mass is 16.4. The zero-order valence-corrected chi connectivity index (χ0v) is 11.4. The molecule has 0 saturated heterocycles. The topological polar surface area (TPSA) is 66.4 Å². The zero-order chi connectivity index (χ0) is 13.8. The summed E-state index contributed by atoms with van der Waals surface area (Å²) in [6.45, 7) is 5.15. The molecule has 0 aliphatic rings. The van der Waals surface area contributed by atoms with Gasteiger partial charge in [0.25, 0.3) is 0 Å². The molecule has 1 atom stereocenters. The van der Waals surface area contributed by atoms with Gasteiger partial charge in [-0.1, -0.05) is 58.3 Å². The summed E-state index contributed by atoms with van der Waals surface area (Å²) in [5.74, 6) is -1.23. The number of hydrogen-bond donors (Lipinski definition) is 2. The summed E-state index contributed by atoms with van der Waals surface area (Å²) in [4.78, 5) is 21.7. The fourth-order valence-corrected chi connectivity index (χ4v) is 1.91. The summed E-state index contributed by atoms with van der Waals surface area (Å²) < 4.78 is 0. The van der Waals surface area contributed by atoms with Crippen LogP contribution in [0.3, 0.4) is 0 Å². The second-order valence-electron chi connectivity index (χ2n) is 4.71. The summed E-state index contributed by atoms with van der Waals surface area (Å²) in [5.41, 5.74) is 0. The van der Waals surface area contributed by atoms with Crippen molar-refractivity contribution in [2.45, 2.75) is 70.8 Å². The van der Waals surface area contributed by atoms with E-state index in [2.05, 4.69) is 12.2 Å². The Balaban J connectivity index is 3.49. The predicted octanol–water partition coefficient (Wildman–Crippen LogP) is 2.92. The van der Waals surface area contributed by atoms with Crippen molar-refractivity contribution >= 4 is 11.9 Å². The third-order valence-electron chi connectivity index (χ3n) is 2.92. The molecule has 1 radical (unpaired) electrons. The largest absolute Gasteiger partial charge is 0.480 e. The van der Waals surface area contributed by atoms with Crippen LogP contribution in [0.4, 0.5) is 0 Å². The Bertz CT molecular complexity index is 241. The maximum atomic E-state index is 10.9. The lowest BCUT2D eigenvalue weighted by Gasteiger charge is -2.12. The standard InChI is InChI=1S/C14H26NO3/c1-3-4-5-6-7-8-9-10-11-13(14(17)18)15-12(2)16/h13H,1,3-11H2,2H3,(H,15,16)(H,17,18). The molecule has 4 heteroatoms. The predicted molar refractivity (Wildman–Crippen MR) is 72.2 cm³/mol. The van der Waals surface area contributed by atoms with Crippen molar-refractivity contribution in [1.29, 1.82) is 0 Å². The molecule has 0 fully saturated rings. The summed E-state index contributed by atoms with van der Waals surface area (Å²) in [6.07, 6.45) is 9.45. The molecule has 18 heavy (non-hydrogen) atoms. The van der Waals surface area contributed by atoms with E-state index in [1.54, 1.807) is 0 Å². The molecule has 105 valence electrons. The molecule has 2 N–H and O–H groups in total. The molecule has 0 aromatic carbocycles. The molecule has 0 aromatic rings. The molecule has 0 spiro atoms. The second-order valence-corrected chi connectivity index (χ2v) is 4.71. The second kappa shape index (κ2) is 11.1. The van der Waals surface area contributed by atoms with Crippen LogP contribution in [-0.4, -0.2) is 23.0 Å². The van der Waals surface area contributed by atoms with Crippen LogP contribution in [0, 0.1) is 6.92 Å². The quantitative estimate of drug-likeness (QED) is 0.559. The highest BCUT2D eigenvalue weighted by Crippen LogP contribution is 2.10. The number of rotatable bonds is 11. The first-order valence-corrected chi connectivity index (χ1v) is 6.87. The minimum atomic E-state index is -0.944. The van der Waals surface area contributed by atoms with Crippen molar-refractivity contribution in [1.82, 2.24) is 5.32 Å². The van der Waals surface area contributed by atoms with Gasteiger partial charge in [-0.3, -0.25) is 4.79 Å². The van der Waals surface area contributed by atoms with Gasteiger partial charge in [-0.15, -0.1) is 0 Å². The van der Waals surface area contributed by atoms with Crippen molar-refractivity contribution in [2.24, 2.45) is 0 Å². The number of hydrogen-bond acceptors (Lipinski definition) is 2. The maximum Gasteiger partial charge on any atom is 0.326 e. The first kappa shape index (κ1) is 16.9. The van der Waals surface area contributed by atoms with Crippen LogP contribution in [-0.2, 0) is 9.59 Å². The van der Waals surface area contributed by atoms with Crippen molar-refractivity contribution in [2.75, 3.05) is 0 Å². The van der Waals surface area contributed by atoms with Crippen molar-refractivity contribution in [3.8, 4) is 0 Å². The van der Waals surface area contributed by atoms with E-state index in [1.165, 1.54) is 32.6 Å². The lowest BCUT2D eigenvalue weighted by Crippen LogP contribution is -2.39. The van der Waals surface area contributed by atoms with Crippen LogP contribution in [0.5, 0.6) is 0 Å². The monoisotopic (exact) mass is 256 g/mol. The van der Waals surface area contributed by atoms with Gasteiger partial charge in [0.05, 0.1) is 0 Å². The van der Waals surface area contributed by atoms with Gasteiger partial charge in [-0.05, 0) is 6.42 Å². The van der Waals surface area contributed by atoms with Crippen LogP contribution in [0.15, 0.2) is 0 Å². The van der Waals surface area contributed by atoms with Crippen LogP contribution in [0.25, 0.3) is 0 Å². The summed E-state index contributed by atoms with van der Waals surface area (Å²) in [6, 6.07) is -0.728. The maximum absolute atomic E-state index is 10.9. The smallest absolute Gasteiger partial charge is 0.326 e. The molecular formula is C14H26NO3.